The third-order valence-corrected chi connectivity index (χ3v) is 1.97. The normalized spacial score (nSPS) is 10.6. The number of hydrogen-bond acceptors (Lipinski definition) is 5. The molecule has 2 aromatic rings. The lowest BCUT2D eigenvalue weighted by Crippen LogP contribution is -2.22. The van der Waals surface area contributed by atoms with Gasteiger partial charge in [-0.1, -0.05) is 11.6 Å². The molecular weight excluding hydrogens is 214 g/mol. The van der Waals surface area contributed by atoms with E-state index in [-0.39, 0.29) is 21.0 Å². The molecule has 0 atom stereocenters. The average molecular weight is 216 g/mol. The largest absolute Gasteiger partial charge is 0.359 e. The summed E-state index contributed by atoms with van der Waals surface area (Å²) in [5, 5.41) is 24.6. The van der Waals surface area contributed by atoms with Crippen LogP contribution in [0.3, 0.4) is 0 Å². The first kappa shape index (κ1) is 8.70. The molecule has 0 amide bonds. The molecule has 0 aliphatic heterocycles. The lowest BCUT2D eigenvalue weighted by molar-refractivity contribution is -0.782. The van der Waals surface area contributed by atoms with Gasteiger partial charge in [-0.05, 0) is 17.0 Å². The molecule has 0 fully saturated rings. The first-order chi connectivity index (χ1) is 6.61. The van der Waals surface area contributed by atoms with Crippen LogP contribution in [0.5, 0.6) is 0 Å². The van der Waals surface area contributed by atoms with E-state index in [1.807, 2.05) is 0 Å². The van der Waals surface area contributed by atoms with Gasteiger partial charge >= 0.3 is 11.2 Å². The lowest BCUT2D eigenvalue weighted by Gasteiger charge is -1.91. The highest BCUT2D eigenvalue weighted by atomic mass is 35.5. The molecule has 0 radical (unpaired) electrons. The Morgan fingerprint density at radius 1 is 1.57 bits per heavy atom. The van der Waals surface area contributed by atoms with E-state index in [0.29, 0.717) is 0 Å². The maximum absolute atomic E-state index is 10.9. The second-order valence-corrected chi connectivity index (χ2v) is 2.86. The summed E-state index contributed by atoms with van der Waals surface area (Å²) < 4.78 is 4.21. The van der Waals surface area contributed by atoms with Crippen molar-refractivity contribution in [2.45, 2.75) is 0 Å². The predicted octanol–water partition coefficient (Wildman–Crippen LogP) is 1.02. The van der Waals surface area contributed by atoms with E-state index in [2.05, 4.69) is 9.79 Å². The molecule has 0 aliphatic rings. The number of nitro benzene ring substituents is 1. The Kier molecular flexibility index (Phi) is 1.74. The zero-order valence-corrected chi connectivity index (χ0v) is 7.26. The maximum atomic E-state index is 10.9. The van der Waals surface area contributed by atoms with Crippen molar-refractivity contribution < 1.29 is 14.5 Å². The zero-order chi connectivity index (χ0) is 10.3. The summed E-state index contributed by atoms with van der Waals surface area (Å²) in [6.07, 6.45) is 0. The minimum Gasteiger partial charge on any atom is -0.359 e. The highest BCUT2D eigenvalue weighted by molar-refractivity contribution is 6.33. The van der Waals surface area contributed by atoms with Gasteiger partial charge < -0.3 is 5.21 Å². The van der Waals surface area contributed by atoms with Crippen LogP contribution in [0.4, 0.5) is 5.69 Å². The zero-order valence-electron chi connectivity index (χ0n) is 6.51. The number of benzene rings is 1. The molecule has 0 aliphatic carbocycles. The first-order valence-corrected chi connectivity index (χ1v) is 3.81. The number of hydrogen-bond donors (Lipinski definition) is 0. The van der Waals surface area contributed by atoms with Gasteiger partial charge in [0.15, 0.2) is 0 Å². The van der Waals surface area contributed by atoms with Crippen molar-refractivity contribution in [1.29, 1.82) is 0 Å². The molecule has 0 unspecified atom stereocenters. The Morgan fingerprint density at radius 3 is 2.93 bits per heavy atom. The monoisotopic (exact) mass is 215 g/mol. The molecule has 1 heterocycles. The van der Waals surface area contributed by atoms with Gasteiger partial charge in [0.2, 0.25) is 5.52 Å². The van der Waals surface area contributed by atoms with Crippen molar-refractivity contribution in [2.24, 2.45) is 0 Å². The van der Waals surface area contributed by atoms with Crippen LogP contribution in [0.2, 0.25) is 5.02 Å². The second-order valence-electron chi connectivity index (χ2n) is 2.45. The summed E-state index contributed by atoms with van der Waals surface area (Å²) >= 11 is 5.57. The molecule has 0 spiro atoms. The van der Waals surface area contributed by atoms with Crippen LogP contribution in [-0.4, -0.2) is 10.1 Å². The van der Waals surface area contributed by atoms with E-state index in [1.54, 1.807) is 0 Å². The fraction of sp³-hybridized carbons (Fsp3) is 0. The molecule has 8 heteroatoms. The summed E-state index contributed by atoms with van der Waals surface area (Å²) in [6.45, 7) is 0. The molecule has 0 N–H and O–H groups in total. The minimum atomic E-state index is -0.715. The molecular formula is C6H2ClN3O4. The van der Waals surface area contributed by atoms with Crippen LogP contribution < -0.4 is 4.90 Å². The molecule has 72 valence electrons. The average Bonchev–Trinajstić information content (AvgIpc) is 2.47. The third-order valence-electron chi connectivity index (χ3n) is 1.67. The van der Waals surface area contributed by atoms with E-state index in [1.165, 1.54) is 12.1 Å². The summed E-state index contributed by atoms with van der Waals surface area (Å²) in [5.41, 5.74) is -0.610. The molecule has 7 nitrogen and oxygen atoms in total. The van der Waals surface area contributed by atoms with Crippen LogP contribution in [0.15, 0.2) is 16.8 Å². The van der Waals surface area contributed by atoms with Crippen LogP contribution >= 0.6 is 11.6 Å². The standard InChI is InChI=1S/C6H2ClN3O4/c7-3-1-2-4-5(6(3)9(11)12)8-14-10(4)13/h1-2H. The minimum absolute atomic E-state index is 0.0268. The Hall–Kier alpha value is -1.89. The smallest absolute Gasteiger partial charge is 0.345 e. The fourth-order valence-corrected chi connectivity index (χ4v) is 1.30. The number of fused-ring (bicyclic) bond motifs is 1. The molecule has 0 saturated heterocycles. The second kappa shape index (κ2) is 2.81. The summed E-state index contributed by atoms with van der Waals surface area (Å²) in [5.74, 6) is 0. The summed E-state index contributed by atoms with van der Waals surface area (Å²) in [6, 6.07) is 2.54. The first-order valence-electron chi connectivity index (χ1n) is 3.43. The van der Waals surface area contributed by atoms with Crippen LogP contribution in [-0.2, 0) is 0 Å². The van der Waals surface area contributed by atoms with Crippen molar-refractivity contribution >= 4 is 28.3 Å². The van der Waals surface area contributed by atoms with E-state index >= 15 is 0 Å². The molecule has 0 bridgehead atoms. The van der Waals surface area contributed by atoms with E-state index < -0.39 is 10.6 Å². The van der Waals surface area contributed by atoms with Crippen LogP contribution in [0, 0.1) is 15.3 Å². The Labute approximate surface area is 81.2 Å². The van der Waals surface area contributed by atoms with Crippen LogP contribution in [0.1, 0.15) is 0 Å². The Balaban J connectivity index is 2.90. The lowest BCUT2D eigenvalue weighted by atomic mass is 10.3. The van der Waals surface area contributed by atoms with Crippen molar-refractivity contribution in [1.82, 2.24) is 5.16 Å². The SMILES string of the molecule is O=[N+]([O-])c1c(Cl)ccc2c1no[n+]2[O-]. The van der Waals surface area contributed by atoms with Gasteiger partial charge in [0.1, 0.15) is 5.02 Å². The Morgan fingerprint density at radius 2 is 2.29 bits per heavy atom. The number of rotatable bonds is 1. The fourth-order valence-electron chi connectivity index (χ4n) is 1.08. The molecule has 1 aromatic carbocycles. The molecule has 0 saturated carbocycles. The van der Waals surface area contributed by atoms with Gasteiger partial charge in [-0.3, -0.25) is 14.7 Å². The Bertz CT molecular complexity index is 523. The molecule has 14 heavy (non-hydrogen) atoms. The number of nitro groups is 1. The predicted molar refractivity (Wildman–Crippen MR) is 44.6 cm³/mol. The molecule has 1 aromatic heterocycles. The van der Waals surface area contributed by atoms with Gasteiger partial charge in [-0.15, -0.1) is 0 Å². The van der Waals surface area contributed by atoms with Crippen molar-refractivity contribution in [3.63, 3.8) is 0 Å². The number of aromatic nitrogens is 2. The van der Waals surface area contributed by atoms with Gasteiger partial charge in [0.05, 0.1) is 10.1 Å². The van der Waals surface area contributed by atoms with Crippen LogP contribution in [0.25, 0.3) is 11.0 Å². The van der Waals surface area contributed by atoms with E-state index in [0.717, 1.165) is 0 Å². The summed E-state index contributed by atoms with van der Waals surface area (Å²) in [4.78, 5) is 9.94. The number of halogens is 1. The van der Waals surface area contributed by atoms with E-state index in [9.17, 15) is 15.3 Å². The highest BCUT2D eigenvalue weighted by Gasteiger charge is 2.26. The van der Waals surface area contributed by atoms with Gasteiger partial charge in [-0.2, -0.15) is 0 Å². The highest BCUT2D eigenvalue weighted by Crippen LogP contribution is 2.30. The van der Waals surface area contributed by atoms with Crippen molar-refractivity contribution in [3.05, 3.63) is 32.5 Å². The summed E-state index contributed by atoms with van der Waals surface area (Å²) in [7, 11) is 0. The maximum Gasteiger partial charge on any atom is 0.345 e. The van der Waals surface area contributed by atoms with Crippen molar-refractivity contribution in [3.8, 4) is 0 Å². The van der Waals surface area contributed by atoms with Gasteiger partial charge in [0, 0.05) is 0 Å². The topological polar surface area (TPSA) is 96.1 Å². The van der Waals surface area contributed by atoms with Gasteiger partial charge in [-0.25, -0.2) is 0 Å². The third kappa shape index (κ3) is 1.06. The number of nitrogens with zero attached hydrogens (tertiary/aromatic N) is 3. The van der Waals surface area contributed by atoms with Crippen molar-refractivity contribution in [2.75, 3.05) is 0 Å². The van der Waals surface area contributed by atoms with Gasteiger partial charge in [0.25, 0.3) is 0 Å². The quantitative estimate of drug-likeness (QED) is 0.402. The molecule has 2 rings (SSSR count). The van der Waals surface area contributed by atoms with E-state index in [4.69, 9.17) is 11.6 Å².